The van der Waals surface area contributed by atoms with Crippen LogP contribution in [0.5, 0.6) is 46.0 Å². The van der Waals surface area contributed by atoms with Crippen molar-refractivity contribution < 1.29 is 113 Å². The quantitative estimate of drug-likeness (QED) is 0.0842. The Bertz CT molecular complexity index is 4140. The number of amides is 9. The first-order valence-corrected chi connectivity index (χ1v) is 32.1. The van der Waals surface area contributed by atoms with E-state index < -0.39 is 213 Å². The van der Waals surface area contributed by atoms with E-state index in [1.165, 1.54) is 52.1 Å². The number of aliphatic hydroxyl groups is 6. The van der Waals surface area contributed by atoms with E-state index in [0.29, 0.717) is 0 Å². The Morgan fingerprint density at radius 3 is 1.93 bits per heavy atom. The predicted molar refractivity (Wildman–Crippen MR) is 354 cm³/mol. The minimum atomic E-state index is -2.32. The van der Waals surface area contributed by atoms with Crippen molar-refractivity contribution in [1.29, 1.82) is 0 Å². The number of phenolic OH excluding ortho intramolecular Hbond substituents is 3. The van der Waals surface area contributed by atoms with Crippen LogP contribution in [0.15, 0.2) is 83.9 Å². The number of nitrogens with zero attached hydrogens (tertiary/aromatic N) is 2. The molecule has 0 saturated carbocycles. The summed E-state index contributed by atoms with van der Waals surface area (Å²) in [6, 6.07) is -0.0129. The smallest absolute Gasteiger partial charge is 0.410 e. The summed E-state index contributed by atoms with van der Waals surface area (Å²) in [7, 11) is 1.28. The standard InChI is InChI=1S/C68H78ClN9O23/c1-26(2)16-38(78(9)67(96)101-68(6,7)8)60(90)76-51-53(84)30-11-14-41(28(5)17-30)97-43-20-32-21-44(58(43)100-66-57(88)56(87)55(86)45(25-79)99-66)98-42-15-12-31(19-36(42)69)54(85)52-65(95)75-50(63(93)71-27(3)4)35-22-33(80)23-40(82)47(35)34-18-29(10-13-39(34)81)48(61(91)77-52)74-62(92)49(32)73-59(89)37(24-46(70)83)72-64(51)94/h10-15,17-23,26,37-38,45,48-57,66,79-82,84-88H,16,24-25H2,1-9H3,(H2,70,83)(H,72,94)(H,73,89)(H,74,92)(H,75,95)(H,76,90)(H,77,91)/t37-,38+,45+,48+,49+,50-,51+,52-,53+,54+,55+,56-,57+,66-/m0/s1. The molecular formula is C68H78ClN9O23. The van der Waals surface area contributed by atoms with Gasteiger partial charge in [-0.15, -0.1) is 0 Å². The summed E-state index contributed by atoms with van der Waals surface area (Å²) in [4.78, 5) is 138. The van der Waals surface area contributed by atoms with Crippen LogP contribution in [0.1, 0.15) is 125 Å². The number of aryl methyl sites for hydroxylation is 1. The van der Waals surface area contributed by atoms with Gasteiger partial charge in [-0.1, -0.05) is 43.6 Å². The van der Waals surface area contributed by atoms with Gasteiger partial charge in [0, 0.05) is 30.0 Å². The molecule has 0 spiro atoms. The fraction of sp³-hybridized carbons (Fsp3) is 0.412. The predicted octanol–water partition coefficient (Wildman–Crippen LogP) is 2.09. The number of hydrogen-bond acceptors (Lipinski definition) is 23. The van der Waals surface area contributed by atoms with Gasteiger partial charge in [-0.05, 0) is 142 Å². The molecule has 5 aromatic carbocycles. The average molecular weight is 1420 g/mol. The number of carbonyl (C=O) groups is 9. The fourth-order valence-electron chi connectivity index (χ4n) is 11.7. The molecule has 6 aliphatic rings. The number of benzene rings is 5. The van der Waals surface area contributed by atoms with Gasteiger partial charge in [0.2, 0.25) is 53.4 Å². The van der Waals surface area contributed by atoms with Crippen LogP contribution in [0.3, 0.4) is 0 Å². The Labute approximate surface area is 581 Å². The van der Waals surface area contributed by atoms with E-state index in [1.54, 1.807) is 34.6 Å². The minimum absolute atomic E-state index is 0.0315. The van der Waals surface area contributed by atoms with Crippen LogP contribution in [-0.4, -0.2) is 184 Å². The second-order valence-corrected chi connectivity index (χ2v) is 26.7. The van der Waals surface area contributed by atoms with E-state index in [0.717, 1.165) is 59.5 Å². The zero-order chi connectivity index (χ0) is 74.1. The lowest BCUT2D eigenvalue weighted by Crippen LogP contribution is -2.60. The zero-order valence-corrected chi connectivity index (χ0v) is 56.6. The summed E-state index contributed by atoms with van der Waals surface area (Å²) in [5, 5.41) is 117. The Morgan fingerprint density at radius 1 is 0.703 bits per heavy atom. The van der Waals surface area contributed by atoms with E-state index in [4.69, 9.17) is 41.0 Å². The molecule has 0 aliphatic carbocycles. The number of rotatable bonds is 11. The van der Waals surface area contributed by atoms with Crippen molar-refractivity contribution in [3.8, 4) is 57.1 Å². The zero-order valence-electron chi connectivity index (χ0n) is 55.9. The highest BCUT2D eigenvalue weighted by Gasteiger charge is 2.47. The number of halogens is 1. The van der Waals surface area contributed by atoms with Gasteiger partial charge in [-0.2, -0.15) is 0 Å². The summed E-state index contributed by atoms with van der Waals surface area (Å²) in [5.74, 6) is -15.0. The second-order valence-electron chi connectivity index (χ2n) is 26.3. The number of fused-ring (bicyclic) bond motifs is 15. The fourth-order valence-corrected chi connectivity index (χ4v) is 11.9. The number of nitrogens with one attached hydrogen (secondary N) is 6. The maximum absolute atomic E-state index is 16.0. The highest BCUT2D eigenvalue weighted by Crippen LogP contribution is 2.49. The Balaban J connectivity index is 1.31. The average Bonchev–Trinajstić information content (AvgIpc) is 0.768. The van der Waals surface area contributed by atoms with Crippen molar-refractivity contribution in [2.24, 2.45) is 16.6 Å². The Morgan fingerprint density at radius 2 is 1.32 bits per heavy atom. The van der Waals surface area contributed by atoms with E-state index in [1.807, 2.05) is 0 Å². The van der Waals surface area contributed by atoms with Crippen LogP contribution in [0.25, 0.3) is 11.1 Å². The van der Waals surface area contributed by atoms with Gasteiger partial charge < -0.3 is 107 Å². The summed E-state index contributed by atoms with van der Waals surface area (Å²) in [6.45, 7) is 11.7. The van der Waals surface area contributed by atoms with Gasteiger partial charge in [-0.3, -0.25) is 43.3 Å². The number of phenols is 3. The number of aliphatic imine (C=N–C) groups is 1. The van der Waals surface area contributed by atoms with E-state index in [2.05, 4.69) is 36.9 Å². The molecule has 540 valence electrons. The van der Waals surface area contributed by atoms with Gasteiger partial charge in [0.05, 0.1) is 18.1 Å². The Kier molecular flexibility index (Phi) is 22.5. The second kappa shape index (κ2) is 30.3. The van der Waals surface area contributed by atoms with Crippen LogP contribution in [0.4, 0.5) is 4.79 Å². The van der Waals surface area contributed by atoms with Crippen molar-refractivity contribution in [2.75, 3.05) is 13.7 Å². The molecular weight excluding hydrogens is 1350 g/mol. The van der Waals surface area contributed by atoms with Gasteiger partial charge >= 0.3 is 6.09 Å². The lowest BCUT2D eigenvalue weighted by Gasteiger charge is -2.39. The summed E-state index contributed by atoms with van der Waals surface area (Å²) in [6.07, 6.45) is -16.1. The summed E-state index contributed by atoms with van der Waals surface area (Å²) in [5.41, 5.74) is 2.71. The lowest BCUT2D eigenvalue weighted by atomic mass is 9.89. The first-order chi connectivity index (χ1) is 47.4. The summed E-state index contributed by atoms with van der Waals surface area (Å²) < 4.78 is 30.8. The molecule has 1 saturated heterocycles. The molecule has 1 fully saturated rings. The molecule has 9 amide bonds. The number of carbonyl (C=O) groups excluding carboxylic acids is 9. The third-order valence-corrected chi connectivity index (χ3v) is 17.0. The van der Waals surface area contributed by atoms with Gasteiger partial charge in [0.15, 0.2) is 11.5 Å². The van der Waals surface area contributed by atoms with Crippen LogP contribution < -0.4 is 51.8 Å². The number of likely N-dealkylation sites (N-methyl/N-ethyl adjacent to an activating group) is 1. The maximum Gasteiger partial charge on any atom is 0.410 e. The molecule has 14 atom stereocenters. The minimum Gasteiger partial charge on any atom is -0.508 e. The Hall–Kier alpha value is -10.2. The van der Waals surface area contributed by atoms with Gasteiger partial charge in [-0.25, -0.2) is 9.79 Å². The molecule has 0 unspecified atom stereocenters. The largest absolute Gasteiger partial charge is 0.508 e. The molecule has 101 heavy (non-hydrogen) atoms. The number of primary amides is 1. The van der Waals surface area contributed by atoms with E-state index in [9.17, 15) is 65.1 Å². The van der Waals surface area contributed by atoms with Crippen molar-refractivity contribution >= 4 is 70.7 Å². The molecule has 0 aromatic heterocycles. The topological polar surface area (TPSA) is 496 Å². The van der Waals surface area contributed by atoms with Gasteiger partial charge in [0.25, 0.3) is 5.91 Å². The maximum atomic E-state index is 16.0. The van der Waals surface area contributed by atoms with E-state index >= 15 is 24.0 Å². The molecule has 17 N–H and O–H groups in total. The third kappa shape index (κ3) is 16.7. The van der Waals surface area contributed by atoms with Crippen molar-refractivity contribution in [3.63, 3.8) is 0 Å². The highest BCUT2D eigenvalue weighted by molar-refractivity contribution is 6.32. The van der Waals surface area contributed by atoms with Crippen molar-refractivity contribution in [3.05, 3.63) is 117 Å². The van der Waals surface area contributed by atoms with E-state index in [-0.39, 0.29) is 57.4 Å². The van der Waals surface area contributed by atoms with Gasteiger partial charge in [0.1, 0.15) is 113 Å². The molecule has 11 bridgehead atoms. The molecule has 6 heterocycles. The molecule has 32 nitrogen and oxygen atoms in total. The van der Waals surface area contributed by atoms with Crippen LogP contribution in [0.2, 0.25) is 5.02 Å². The molecule has 11 rings (SSSR count). The number of aliphatic hydroxyl groups excluding tert-OH is 6. The third-order valence-electron chi connectivity index (χ3n) is 16.7. The molecule has 6 aliphatic heterocycles. The lowest BCUT2D eigenvalue weighted by molar-refractivity contribution is -0.277. The molecule has 33 heteroatoms. The monoisotopic (exact) mass is 1420 g/mol. The first kappa shape index (κ1) is 75.0. The molecule has 0 radical (unpaired) electrons. The summed E-state index contributed by atoms with van der Waals surface area (Å²) >= 11 is 7.02. The van der Waals surface area contributed by atoms with Crippen molar-refractivity contribution in [2.45, 2.75) is 159 Å². The SMILES string of the molecule is CC(C)=NC(=O)[C@H]1NC(=O)[C@H]2NC(=O)[C@H](NC(=O)[C@@H]3NC(=O)[C@H](CC(N)=O)NC(=O)[C@H](NC(=O)[C@@H](CC(C)C)N(C)C(=O)OC(C)(C)C)[C@H](O)c4ccc(c(C)c4)Oc4cc3cc(c4O[C@@H]3O[C@H](CO)[C@@H](O)[C@H](O)[C@H]3O)Oc3ccc(cc3Cl)[C@H]2O)c2ccc(O)c(c2)-c2c(O)cc(O)cc21. The number of nitrogens with two attached hydrogens (primary N) is 1. The van der Waals surface area contributed by atoms with Crippen LogP contribution in [-0.2, 0) is 47.8 Å². The van der Waals surface area contributed by atoms with Crippen LogP contribution >= 0.6 is 11.6 Å². The number of aromatic hydroxyl groups is 3. The normalized spacial score (nSPS) is 24.8. The number of hydrogen-bond donors (Lipinski definition) is 16. The highest BCUT2D eigenvalue weighted by atomic mass is 35.5. The van der Waals surface area contributed by atoms with Crippen LogP contribution in [0, 0.1) is 12.8 Å². The molecule has 5 aromatic rings. The van der Waals surface area contributed by atoms with Crippen molar-refractivity contribution in [1.82, 2.24) is 36.8 Å². The number of ether oxygens (including phenoxy) is 5. The first-order valence-electron chi connectivity index (χ1n) is 31.7.